The Morgan fingerprint density at radius 2 is 2.22 bits per heavy atom. The lowest BCUT2D eigenvalue weighted by Crippen LogP contribution is -2.57. The third-order valence-corrected chi connectivity index (χ3v) is 5.59. The molecule has 3 aliphatic rings. The van der Waals surface area contributed by atoms with Gasteiger partial charge in [0.25, 0.3) is 0 Å². The number of fused-ring (bicyclic) bond motifs is 4. The van der Waals surface area contributed by atoms with Gasteiger partial charge < -0.3 is 19.5 Å². The summed E-state index contributed by atoms with van der Waals surface area (Å²) in [5.74, 6) is 2.07. The van der Waals surface area contributed by atoms with E-state index in [1.54, 1.807) is 0 Å². The zero-order chi connectivity index (χ0) is 16.0. The molecule has 1 aromatic carbocycles. The molecule has 0 spiro atoms. The minimum Gasteiger partial charge on any atom is -0.490 e. The zero-order valence-electron chi connectivity index (χ0n) is 14.3. The van der Waals surface area contributed by atoms with E-state index in [2.05, 4.69) is 31.3 Å². The number of piperidine rings is 1. The number of ether oxygens (including phenoxy) is 3. The van der Waals surface area contributed by atoms with Crippen LogP contribution in [0.25, 0.3) is 0 Å². The van der Waals surface area contributed by atoms with E-state index >= 15 is 0 Å². The van der Waals surface area contributed by atoms with Crippen molar-refractivity contribution < 1.29 is 14.2 Å². The molecule has 0 bridgehead atoms. The van der Waals surface area contributed by atoms with E-state index < -0.39 is 0 Å². The molecule has 126 valence electrons. The Labute approximate surface area is 138 Å². The van der Waals surface area contributed by atoms with Crippen molar-refractivity contribution in [2.75, 3.05) is 13.2 Å². The molecule has 4 heteroatoms. The Hall–Kier alpha value is -1.26. The summed E-state index contributed by atoms with van der Waals surface area (Å²) in [5.41, 5.74) is 0.902. The highest BCUT2D eigenvalue weighted by atomic mass is 16.5. The molecule has 2 fully saturated rings. The van der Waals surface area contributed by atoms with Gasteiger partial charge in [-0.1, -0.05) is 12.1 Å². The fourth-order valence-electron chi connectivity index (χ4n) is 4.41. The minimum absolute atomic E-state index is 0.107. The molecule has 1 aromatic rings. The number of benzene rings is 1. The van der Waals surface area contributed by atoms with Crippen LogP contribution in [0.3, 0.4) is 0 Å². The molecule has 4 atom stereocenters. The predicted octanol–water partition coefficient (Wildman–Crippen LogP) is 3.45. The van der Waals surface area contributed by atoms with E-state index in [1.807, 2.05) is 13.0 Å². The van der Waals surface area contributed by atoms with Gasteiger partial charge in [0, 0.05) is 17.5 Å². The third-order valence-electron chi connectivity index (χ3n) is 5.59. The monoisotopic (exact) mass is 317 g/mol. The zero-order valence-corrected chi connectivity index (χ0v) is 14.3. The van der Waals surface area contributed by atoms with Crippen LogP contribution >= 0.6 is 0 Å². The first-order chi connectivity index (χ1) is 11.1. The lowest BCUT2D eigenvalue weighted by Gasteiger charge is -2.52. The Balaban J connectivity index is 1.73. The van der Waals surface area contributed by atoms with Gasteiger partial charge in [-0.25, -0.2) is 0 Å². The maximum atomic E-state index is 6.59. The van der Waals surface area contributed by atoms with Gasteiger partial charge in [-0.05, 0) is 52.6 Å². The topological polar surface area (TPSA) is 39.7 Å². The minimum atomic E-state index is -0.255. The highest BCUT2D eigenvalue weighted by Crippen LogP contribution is 2.53. The van der Waals surface area contributed by atoms with Gasteiger partial charge in [-0.15, -0.1) is 0 Å². The Bertz CT molecular complexity index is 586. The first kappa shape index (κ1) is 15.3. The van der Waals surface area contributed by atoms with Gasteiger partial charge in [-0.3, -0.25) is 0 Å². The summed E-state index contributed by atoms with van der Waals surface area (Å²) in [6, 6.07) is 6.65. The van der Waals surface area contributed by atoms with Crippen molar-refractivity contribution in [2.45, 2.75) is 63.9 Å². The maximum Gasteiger partial charge on any atom is 0.167 e. The largest absolute Gasteiger partial charge is 0.490 e. The van der Waals surface area contributed by atoms with Crippen molar-refractivity contribution in [3.63, 3.8) is 0 Å². The van der Waals surface area contributed by atoms with Crippen LogP contribution in [-0.2, 0) is 4.74 Å². The second kappa shape index (κ2) is 5.67. The van der Waals surface area contributed by atoms with E-state index in [1.165, 1.54) is 6.42 Å². The summed E-state index contributed by atoms with van der Waals surface area (Å²) in [5, 5.41) is 3.64. The Morgan fingerprint density at radius 1 is 1.35 bits per heavy atom. The fraction of sp³-hybridized carbons (Fsp3) is 0.684. The maximum absolute atomic E-state index is 6.59. The van der Waals surface area contributed by atoms with Crippen LogP contribution in [0, 0.1) is 5.92 Å². The second-order valence-electron chi connectivity index (χ2n) is 7.45. The average molecular weight is 317 g/mol. The van der Waals surface area contributed by atoms with E-state index in [9.17, 15) is 0 Å². The van der Waals surface area contributed by atoms with Crippen LogP contribution in [0.1, 0.15) is 51.7 Å². The van der Waals surface area contributed by atoms with Crippen molar-refractivity contribution >= 4 is 0 Å². The standard InChI is InChI=1S/C19H27NO3/c1-4-21-16-8-5-7-12-17-13(19(2,3)23-18(12)16)11-14-15(22-17)9-6-10-20-14/h5,7-8,13-15,17,20H,4,6,9-11H2,1-3H3/t13-,14-,15-,17+/m0/s1. The highest BCUT2D eigenvalue weighted by molar-refractivity contribution is 5.50. The van der Waals surface area contributed by atoms with Crippen LogP contribution in [0.15, 0.2) is 18.2 Å². The lowest BCUT2D eigenvalue weighted by atomic mass is 9.73. The van der Waals surface area contributed by atoms with Gasteiger partial charge in [0.05, 0.1) is 18.8 Å². The Kier molecular flexibility index (Phi) is 3.77. The van der Waals surface area contributed by atoms with E-state index in [4.69, 9.17) is 14.2 Å². The van der Waals surface area contributed by atoms with Crippen LogP contribution < -0.4 is 14.8 Å². The first-order valence-corrected chi connectivity index (χ1v) is 8.93. The second-order valence-corrected chi connectivity index (χ2v) is 7.45. The summed E-state index contributed by atoms with van der Waals surface area (Å²) in [7, 11) is 0. The molecule has 0 aromatic heterocycles. The molecule has 0 radical (unpaired) electrons. The van der Waals surface area contributed by atoms with Crippen LogP contribution in [0.2, 0.25) is 0 Å². The number of rotatable bonds is 2. The van der Waals surface area contributed by atoms with Crippen LogP contribution in [0.5, 0.6) is 11.5 Å². The lowest BCUT2D eigenvalue weighted by molar-refractivity contribution is -0.168. The van der Waals surface area contributed by atoms with E-state index in [0.717, 1.165) is 36.4 Å². The SMILES string of the molecule is CCOc1cccc2c1OC(C)(C)[C@H]1C[C@@H]3NCCC[C@@H]3O[C@H]21. The molecule has 0 unspecified atom stereocenters. The summed E-state index contributed by atoms with van der Waals surface area (Å²) in [6.07, 6.45) is 3.89. The quantitative estimate of drug-likeness (QED) is 0.907. The molecular formula is C19H27NO3. The van der Waals surface area contributed by atoms with Crippen LogP contribution in [0.4, 0.5) is 0 Å². The van der Waals surface area contributed by atoms with Crippen molar-refractivity contribution in [1.82, 2.24) is 5.32 Å². The fourth-order valence-corrected chi connectivity index (χ4v) is 4.41. The van der Waals surface area contributed by atoms with Crippen molar-refractivity contribution in [3.05, 3.63) is 23.8 Å². The van der Waals surface area contributed by atoms with Crippen molar-refractivity contribution in [1.29, 1.82) is 0 Å². The van der Waals surface area contributed by atoms with Gasteiger partial charge >= 0.3 is 0 Å². The molecule has 23 heavy (non-hydrogen) atoms. The Morgan fingerprint density at radius 3 is 3.04 bits per heavy atom. The summed E-state index contributed by atoms with van der Waals surface area (Å²) in [6.45, 7) is 8.12. The number of hydrogen-bond donors (Lipinski definition) is 1. The van der Waals surface area contributed by atoms with E-state index in [0.29, 0.717) is 24.7 Å². The average Bonchev–Trinajstić information content (AvgIpc) is 2.54. The van der Waals surface area contributed by atoms with Crippen LogP contribution in [-0.4, -0.2) is 30.9 Å². The molecule has 0 amide bonds. The van der Waals surface area contributed by atoms with Crippen molar-refractivity contribution in [3.8, 4) is 11.5 Å². The first-order valence-electron chi connectivity index (χ1n) is 8.93. The van der Waals surface area contributed by atoms with Gasteiger partial charge in [0.1, 0.15) is 5.60 Å². The number of nitrogens with one attached hydrogen (secondary N) is 1. The van der Waals surface area contributed by atoms with Gasteiger partial charge in [0.15, 0.2) is 11.5 Å². The van der Waals surface area contributed by atoms with Gasteiger partial charge in [-0.2, -0.15) is 0 Å². The number of para-hydroxylation sites is 1. The highest BCUT2D eigenvalue weighted by Gasteiger charge is 2.51. The molecule has 4 nitrogen and oxygen atoms in total. The van der Waals surface area contributed by atoms with E-state index in [-0.39, 0.29) is 11.7 Å². The molecule has 3 heterocycles. The molecule has 4 rings (SSSR count). The normalized spacial score (nSPS) is 34.6. The summed E-state index contributed by atoms with van der Waals surface area (Å²) in [4.78, 5) is 0. The summed E-state index contributed by atoms with van der Waals surface area (Å²) >= 11 is 0. The smallest absolute Gasteiger partial charge is 0.167 e. The molecule has 0 saturated carbocycles. The third kappa shape index (κ3) is 2.52. The molecule has 2 saturated heterocycles. The molecule has 3 aliphatic heterocycles. The molecule has 0 aliphatic carbocycles. The molecule has 1 N–H and O–H groups in total. The van der Waals surface area contributed by atoms with Gasteiger partial charge in [0.2, 0.25) is 0 Å². The van der Waals surface area contributed by atoms with Crippen molar-refractivity contribution in [2.24, 2.45) is 5.92 Å². The number of hydrogen-bond acceptors (Lipinski definition) is 4. The molecular weight excluding hydrogens is 290 g/mol. The summed E-state index contributed by atoms with van der Waals surface area (Å²) < 4.78 is 18.8. The predicted molar refractivity (Wildman–Crippen MR) is 89.1 cm³/mol.